The van der Waals surface area contributed by atoms with Gasteiger partial charge >= 0.3 is 0 Å². The molecule has 22 heavy (non-hydrogen) atoms. The molecule has 0 unspecified atom stereocenters. The van der Waals surface area contributed by atoms with Crippen molar-refractivity contribution in [2.24, 2.45) is 0 Å². The van der Waals surface area contributed by atoms with E-state index < -0.39 is 0 Å². The van der Waals surface area contributed by atoms with Crippen molar-refractivity contribution in [2.45, 2.75) is 13.8 Å². The van der Waals surface area contributed by atoms with E-state index in [-0.39, 0.29) is 5.91 Å². The van der Waals surface area contributed by atoms with Crippen LogP contribution in [0.4, 0.5) is 5.13 Å². The van der Waals surface area contributed by atoms with E-state index in [9.17, 15) is 4.79 Å². The van der Waals surface area contributed by atoms with Gasteiger partial charge in [0.1, 0.15) is 15.7 Å². The largest absolute Gasteiger partial charge is 0.361 e. The third-order valence-corrected chi connectivity index (χ3v) is 5.16. The van der Waals surface area contributed by atoms with Gasteiger partial charge in [-0.3, -0.25) is 10.1 Å². The number of anilines is 1. The quantitative estimate of drug-likeness (QED) is 0.698. The van der Waals surface area contributed by atoms with Crippen LogP contribution in [0.3, 0.4) is 0 Å². The number of rotatable bonds is 3. The van der Waals surface area contributed by atoms with Crippen molar-refractivity contribution in [3.05, 3.63) is 37.1 Å². The Morgan fingerprint density at radius 1 is 1.36 bits per heavy atom. The number of aryl methyl sites for hydroxylation is 2. The minimum Gasteiger partial charge on any atom is -0.361 e. The third kappa shape index (κ3) is 2.89. The molecule has 0 bridgehead atoms. The standard InChI is InChI=1S/C13H9Cl2N3O2S2/c1-5-10(6(2)20-18-5)12(19)17-13-16-8(4-21-13)7-3-9(14)22-11(7)15/h3-4H,1-2H3,(H,16,17,19). The number of amides is 1. The van der Waals surface area contributed by atoms with E-state index in [4.69, 9.17) is 27.7 Å². The van der Waals surface area contributed by atoms with Gasteiger partial charge in [-0.2, -0.15) is 0 Å². The van der Waals surface area contributed by atoms with E-state index >= 15 is 0 Å². The number of halogens is 2. The van der Waals surface area contributed by atoms with E-state index in [0.29, 0.717) is 36.5 Å². The smallest absolute Gasteiger partial charge is 0.262 e. The van der Waals surface area contributed by atoms with Gasteiger partial charge in [0, 0.05) is 10.9 Å². The average molecular weight is 374 g/mol. The predicted molar refractivity (Wildman–Crippen MR) is 89.4 cm³/mol. The van der Waals surface area contributed by atoms with Crippen LogP contribution in [-0.4, -0.2) is 16.0 Å². The fourth-order valence-electron chi connectivity index (χ4n) is 1.94. The first-order valence-corrected chi connectivity index (χ1v) is 8.56. The van der Waals surface area contributed by atoms with Crippen LogP contribution in [0.25, 0.3) is 11.3 Å². The first kappa shape index (κ1) is 15.5. The summed E-state index contributed by atoms with van der Waals surface area (Å²) in [6, 6.07) is 1.75. The molecule has 0 saturated carbocycles. The molecule has 0 aliphatic rings. The zero-order chi connectivity index (χ0) is 15.9. The Labute approximate surface area is 143 Å². The fraction of sp³-hybridized carbons (Fsp3) is 0.154. The zero-order valence-corrected chi connectivity index (χ0v) is 14.6. The Balaban J connectivity index is 1.83. The van der Waals surface area contributed by atoms with Crippen LogP contribution in [0.1, 0.15) is 21.8 Å². The molecule has 9 heteroatoms. The lowest BCUT2D eigenvalue weighted by Crippen LogP contribution is -2.13. The molecular weight excluding hydrogens is 365 g/mol. The summed E-state index contributed by atoms with van der Waals surface area (Å²) in [6.45, 7) is 3.40. The van der Waals surface area contributed by atoms with Gasteiger partial charge in [-0.25, -0.2) is 4.98 Å². The minimum atomic E-state index is -0.299. The van der Waals surface area contributed by atoms with Crippen molar-refractivity contribution in [1.82, 2.24) is 10.1 Å². The molecule has 3 heterocycles. The monoisotopic (exact) mass is 373 g/mol. The van der Waals surface area contributed by atoms with Crippen LogP contribution in [0.5, 0.6) is 0 Å². The molecule has 0 fully saturated rings. The number of nitrogens with zero attached hydrogens (tertiary/aromatic N) is 2. The van der Waals surface area contributed by atoms with Crippen LogP contribution in [0.2, 0.25) is 8.67 Å². The predicted octanol–water partition coefficient (Wildman–Crippen LogP) is 5.04. The summed E-state index contributed by atoms with van der Waals surface area (Å²) in [5.74, 6) is 0.172. The maximum Gasteiger partial charge on any atom is 0.262 e. The van der Waals surface area contributed by atoms with Gasteiger partial charge < -0.3 is 4.52 Å². The van der Waals surface area contributed by atoms with E-state index in [0.717, 1.165) is 5.56 Å². The number of nitrogens with one attached hydrogen (secondary N) is 1. The highest BCUT2D eigenvalue weighted by Crippen LogP contribution is 2.39. The zero-order valence-electron chi connectivity index (χ0n) is 11.4. The van der Waals surface area contributed by atoms with Gasteiger partial charge in [-0.1, -0.05) is 28.4 Å². The van der Waals surface area contributed by atoms with E-state index in [1.807, 2.05) is 5.38 Å². The molecule has 0 atom stereocenters. The SMILES string of the molecule is Cc1noc(C)c1C(=O)Nc1nc(-c2cc(Cl)sc2Cl)cs1. The Morgan fingerprint density at radius 3 is 2.73 bits per heavy atom. The van der Waals surface area contributed by atoms with Crippen LogP contribution in [0.15, 0.2) is 16.0 Å². The van der Waals surface area contributed by atoms with Crippen LogP contribution in [0, 0.1) is 13.8 Å². The summed E-state index contributed by atoms with van der Waals surface area (Å²) in [4.78, 5) is 16.6. The molecule has 3 aromatic rings. The van der Waals surface area contributed by atoms with Gasteiger partial charge in [0.2, 0.25) is 0 Å². The van der Waals surface area contributed by atoms with Crippen molar-refractivity contribution >= 4 is 56.9 Å². The highest BCUT2D eigenvalue weighted by atomic mass is 35.5. The number of hydrogen-bond acceptors (Lipinski definition) is 6. The fourth-order valence-corrected chi connectivity index (χ4v) is 4.12. The van der Waals surface area contributed by atoms with E-state index in [2.05, 4.69) is 15.5 Å². The first-order chi connectivity index (χ1) is 10.5. The number of thiophene rings is 1. The molecule has 0 aromatic carbocycles. The van der Waals surface area contributed by atoms with Gasteiger partial charge in [-0.15, -0.1) is 22.7 Å². The lowest BCUT2D eigenvalue weighted by Gasteiger charge is -2.00. The van der Waals surface area contributed by atoms with Crippen LogP contribution < -0.4 is 5.32 Å². The lowest BCUT2D eigenvalue weighted by atomic mass is 10.2. The summed E-state index contributed by atoms with van der Waals surface area (Å²) < 4.78 is 6.15. The maximum absolute atomic E-state index is 12.2. The number of carbonyl (C=O) groups is 1. The molecule has 0 radical (unpaired) electrons. The summed E-state index contributed by atoms with van der Waals surface area (Å²) in [7, 11) is 0. The average Bonchev–Trinajstić information content (AvgIpc) is 3.10. The summed E-state index contributed by atoms with van der Waals surface area (Å²) in [5, 5.41) is 8.78. The van der Waals surface area contributed by atoms with E-state index in [1.54, 1.807) is 19.9 Å². The number of carbonyl (C=O) groups excluding carboxylic acids is 1. The van der Waals surface area contributed by atoms with Crippen LogP contribution >= 0.6 is 45.9 Å². The van der Waals surface area contributed by atoms with Crippen molar-refractivity contribution in [2.75, 3.05) is 5.32 Å². The van der Waals surface area contributed by atoms with Gasteiger partial charge in [0.25, 0.3) is 5.91 Å². The number of hydrogen-bond donors (Lipinski definition) is 1. The topological polar surface area (TPSA) is 68.0 Å². The lowest BCUT2D eigenvalue weighted by molar-refractivity contribution is 0.102. The Morgan fingerprint density at radius 2 is 2.14 bits per heavy atom. The minimum absolute atomic E-state index is 0.299. The molecular formula is C13H9Cl2N3O2S2. The first-order valence-electron chi connectivity index (χ1n) is 6.10. The number of thiazole rings is 1. The number of aromatic nitrogens is 2. The highest BCUT2D eigenvalue weighted by Gasteiger charge is 2.19. The van der Waals surface area contributed by atoms with Crippen molar-refractivity contribution in [3.63, 3.8) is 0 Å². The summed E-state index contributed by atoms with van der Waals surface area (Å²) >= 11 is 14.6. The molecule has 0 aliphatic carbocycles. The Hall–Kier alpha value is -1.41. The molecule has 1 amide bonds. The Kier molecular flexibility index (Phi) is 4.22. The molecule has 5 nitrogen and oxygen atoms in total. The van der Waals surface area contributed by atoms with Gasteiger partial charge in [0.15, 0.2) is 5.13 Å². The van der Waals surface area contributed by atoms with Gasteiger partial charge in [0.05, 0.1) is 15.7 Å². The molecule has 3 rings (SSSR count). The maximum atomic E-state index is 12.2. The van der Waals surface area contributed by atoms with Crippen molar-refractivity contribution in [3.8, 4) is 11.3 Å². The van der Waals surface area contributed by atoms with Crippen LogP contribution in [-0.2, 0) is 0 Å². The molecule has 0 saturated heterocycles. The van der Waals surface area contributed by atoms with Crippen molar-refractivity contribution in [1.29, 1.82) is 0 Å². The molecule has 3 aromatic heterocycles. The summed E-state index contributed by atoms with van der Waals surface area (Å²) in [5.41, 5.74) is 2.39. The highest BCUT2D eigenvalue weighted by molar-refractivity contribution is 7.20. The Bertz CT molecular complexity index is 834. The third-order valence-electron chi connectivity index (χ3n) is 2.92. The van der Waals surface area contributed by atoms with Gasteiger partial charge in [-0.05, 0) is 19.9 Å². The molecule has 0 spiro atoms. The molecule has 0 aliphatic heterocycles. The second-order valence-electron chi connectivity index (χ2n) is 4.43. The summed E-state index contributed by atoms with van der Waals surface area (Å²) in [6.07, 6.45) is 0. The van der Waals surface area contributed by atoms with Crippen molar-refractivity contribution < 1.29 is 9.32 Å². The second kappa shape index (κ2) is 6.00. The van der Waals surface area contributed by atoms with E-state index in [1.165, 1.54) is 22.7 Å². The molecule has 114 valence electrons. The second-order valence-corrected chi connectivity index (χ2v) is 7.57. The molecule has 1 N–H and O–H groups in total. The normalized spacial score (nSPS) is 10.9.